The summed E-state index contributed by atoms with van der Waals surface area (Å²) in [5, 5.41) is 2.22. The fourth-order valence-electron chi connectivity index (χ4n) is 7.19. The van der Waals surface area contributed by atoms with E-state index < -0.39 is 0 Å². The lowest BCUT2D eigenvalue weighted by molar-refractivity contribution is 0.669. The van der Waals surface area contributed by atoms with Gasteiger partial charge >= 0.3 is 0 Å². The van der Waals surface area contributed by atoms with Crippen LogP contribution in [-0.2, 0) is 0 Å². The van der Waals surface area contributed by atoms with E-state index in [1.165, 1.54) is 33.4 Å². The lowest BCUT2D eigenvalue weighted by Crippen LogP contribution is -2.11. The molecule has 0 atom stereocenters. The van der Waals surface area contributed by atoms with Crippen LogP contribution in [0.15, 0.2) is 205 Å². The van der Waals surface area contributed by atoms with Crippen molar-refractivity contribution in [2.45, 2.75) is 0 Å². The third kappa shape index (κ3) is 5.24. The smallest absolute Gasteiger partial charge is 0.159 e. The lowest BCUT2D eigenvalue weighted by Gasteiger charge is -2.28. The SMILES string of the molecule is c1ccc(-c2ccc(-c3ccccc3-c3ccccc3-c3ccccc3N(c3ccccc3)c3cccc4c3oc3ccccc34)cc2)cc1. The molecule has 0 fully saturated rings. The standard InChI is InChI=1S/C48H33NO/c1-3-16-34(17-4-1)35-30-32-36(33-31-35)38-20-7-8-21-39(38)40-22-9-10-23-41(40)42-24-11-13-27-45(42)49(37-18-5-2-6-19-37)46-28-15-26-44-43-25-12-14-29-47(43)50-48(44)46/h1-33H. The number of rotatable bonds is 7. The van der Waals surface area contributed by atoms with Gasteiger partial charge in [-0.1, -0.05) is 170 Å². The predicted octanol–water partition coefficient (Wildman–Crippen LogP) is 13.7. The minimum atomic E-state index is 0.866. The second-order valence-corrected chi connectivity index (χ2v) is 12.5. The number of anilines is 3. The van der Waals surface area contributed by atoms with Crippen LogP contribution < -0.4 is 4.90 Å². The maximum absolute atomic E-state index is 6.61. The monoisotopic (exact) mass is 639 g/mol. The highest BCUT2D eigenvalue weighted by Crippen LogP contribution is 2.47. The molecule has 1 aromatic heterocycles. The van der Waals surface area contributed by atoms with Crippen molar-refractivity contribution in [2.24, 2.45) is 0 Å². The van der Waals surface area contributed by atoms with Crippen molar-refractivity contribution in [2.75, 3.05) is 4.90 Å². The number of fused-ring (bicyclic) bond motifs is 3. The summed E-state index contributed by atoms with van der Waals surface area (Å²) < 4.78 is 6.61. The summed E-state index contributed by atoms with van der Waals surface area (Å²) in [6, 6.07) is 71.0. The minimum absolute atomic E-state index is 0.866. The zero-order chi connectivity index (χ0) is 33.3. The molecule has 0 bridgehead atoms. The largest absolute Gasteiger partial charge is 0.454 e. The van der Waals surface area contributed by atoms with Crippen molar-refractivity contribution in [1.82, 2.24) is 0 Å². The van der Waals surface area contributed by atoms with Gasteiger partial charge in [-0.2, -0.15) is 0 Å². The van der Waals surface area contributed by atoms with Gasteiger partial charge in [0, 0.05) is 22.0 Å². The van der Waals surface area contributed by atoms with Crippen LogP contribution in [0.4, 0.5) is 17.1 Å². The topological polar surface area (TPSA) is 16.4 Å². The molecule has 8 aromatic carbocycles. The Morgan fingerprint density at radius 2 is 0.780 bits per heavy atom. The lowest BCUT2D eigenvalue weighted by atomic mass is 9.88. The molecule has 0 saturated heterocycles. The average Bonchev–Trinajstić information content (AvgIpc) is 3.59. The van der Waals surface area contributed by atoms with Gasteiger partial charge in [0.1, 0.15) is 5.58 Å². The molecule has 9 aromatic rings. The van der Waals surface area contributed by atoms with E-state index in [1.54, 1.807) is 0 Å². The van der Waals surface area contributed by atoms with Gasteiger partial charge in [0.05, 0.1) is 11.4 Å². The van der Waals surface area contributed by atoms with Gasteiger partial charge in [0.15, 0.2) is 5.58 Å². The van der Waals surface area contributed by atoms with Gasteiger partial charge < -0.3 is 9.32 Å². The van der Waals surface area contributed by atoms with Gasteiger partial charge in [-0.3, -0.25) is 0 Å². The highest BCUT2D eigenvalue weighted by molar-refractivity contribution is 6.11. The molecule has 0 radical (unpaired) electrons. The molecular weight excluding hydrogens is 607 g/mol. The zero-order valence-electron chi connectivity index (χ0n) is 27.4. The van der Waals surface area contributed by atoms with Gasteiger partial charge in [-0.05, 0) is 69.3 Å². The highest BCUT2D eigenvalue weighted by Gasteiger charge is 2.23. The molecule has 9 rings (SSSR count). The van der Waals surface area contributed by atoms with E-state index in [2.05, 4.69) is 193 Å². The predicted molar refractivity (Wildman–Crippen MR) is 210 cm³/mol. The van der Waals surface area contributed by atoms with Gasteiger partial charge in [-0.15, -0.1) is 0 Å². The van der Waals surface area contributed by atoms with Gasteiger partial charge in [-0.25, -0.2) is 0 Å². The molecule has 0 aliphatic rings. The zero-order valence-corrected chi connectivity index (χ0v) is 27.4. The van der Waals surface area contributed by atoms with Crippen LogP contribution in [0.2, 0.25) is 0 Å². The van der Waals surface area contributed by atoms with E-state index in [0.29, 0.717) is 0 Å². The van der Waals surface area contributed by atoms with Crippen LogP contribution in [0, 0.1) is 0 Å². The van der Waals surface area contributed by atoms with Crippen LogP contribution in [0.1, 0.15) is 0 Å². The molecule has 2 heteroatoms. The van der Waals surface area contributed by atoms with E-state index in [0.717, 1.165) is 50.1 Å². The Morgan fingerprint density at radius 1 is 0.300 bits per heavy atom. The van der Waals surface area contributed by atoms with Crippen LogP contribution in [0.5, 0.6) is 0 Å². The van der Waals surface area contributed by atoms with E-state index in [4.69, 9.17) is 4.42 Å². The molecule has 2 nitrogen and oxygen atoms in total. The molecule has 1 heterocycles. The normalized spacial score (nSPS) is 11.2. The number of nitrogens with zero attached hydrogens (tertiary/aromatic N) is 1. The van der Waals surface area contributed by atoms with E-state index in [1.807, 2.05) is 12.1 Å². The molecule has 236 valence electrons. The Hall–Kier alpha value is -6.64. The van der Waals surface area contributed by atoms with Crippen molar-refractivity contribution in [3.63, 3.8) is 0 Å². The second-order valence-electron chi connectivity index (χ2n) is 12.5. The molecule has 0 amide bonds. The maximum Gasteiger partial charge on any atom is 0.159 e. The fourth-order valence-corrected chi connectivity index (χ4v) is 7.19. The van der Waals surface area contributed by atoms with Gasteiger partial charge in [0.25, 0.3) is 0 Å². The quantitative estimate of drug-likeness (QED) is 0.173. The second kappa shape index (κ2) is 12.8. The first-order chi connectivity index (χ1) is 24.8. The number of benzene rings is 8. The van der Waals surface area contributed by atoms with Crippen LogP contribution in [-0.4, -0.2) is 0 Å². The number of hydrogen-bond acceptors (Lipinski definition) is 2. The molecule has 0 N–H and O–H groups in total. The Morgan fingerprint density at radius 3 is 1.52 bits per heavy atom. The number of furan rings is 1. The highest BCUT2D eigenvalue weighted by atomic mass is 16.3. The van der Waals surface area contributed by atoms with Crippen LogP contribution >= 0.6 is 0 Å². The summed E-state index contributed by atoms with van der Waals surface area (Å²) in [6.45, 7) is 0. The Kier molecular flexibility index (Phi) is 7.53. The van der Waals surface area contributed by atoms with E-state index >= 15 is 0 Å². The van der Waals surface area contributed by atoms with Crippen LogP contribution in [0.25, 0.3) is 66.4 Å². The summed E-state index contributed by atoms with van der Waals surface area (Å²) in [7, 11) is 0. The summed E-state index contributed by atoms with van der Waals surface area (Å²) in [4.78, 5) is 2.34. The van der Waals surface area contributed by atoms with Crippen molar-refractivity contribution in [1.29, 1.82) is 0 Å². The van der Waals surface area contributed by atoms with Crippen molar-refractivity contribution in [3.8, 4) is 44.5 Å². The van der Waals surface area contributed by atoms with Crippen molar-refractivity contribution >= 4 is 39.0 Å². The first kappa shape index (κ1) is 29.5. The summed E-state index contributed by atoms with van der Waals surface area (Å²) in [5.41, 5.74) is 14.4. The van der Waals surface area contributed by atoms with E-state index in [9.17, 15) is 0 Å². The molecule has 0 spiro atoms. The molecular formula is C48H33NO. The minimum Gasteiger partial charge on any atom is -0.454 e. The Balaban J connectivity index is 1.22. The number of hydrogen-bond donors (Lipinski definition) is 0. The maximum atomic E-state index is 6.61. The first-order valence-corrected chi connectivity index (χ1v) is 17.0. The average molecular weight is 640 g/mol. The Labute approximate surface area is 292 Å². The van der Waals surface area contributed by atoms with Gasteiger partial charge in [0.2, 0.25) is 0 Å². The summed E-state index contributed by atoms with van der Waals surface area (Å²) in [6.07, 6.45) is 0. The third-order valence-corrected chi connectivity index (χ3v) is 9.52. The summed E-state index contributed by atoms with van der Waals surface area (Å²) in [5.74, 6) is 0. The Bertz CT molecular complexity index is 2580. The summed E-state index contributed by atoms with van der Waals surface area (Å²) >= 11 is 0. The molecule has 0 aliphatic heterocycles. The molecule has 0 aliphatic carbocycles. The van der Waals surface area contributed by atoms with Crippen molar-refractivity contribution < 1.29 is 4.42 Å². The van der Waals surface area contributed by atoms with Crippen molar-refractivity contribution in [3.05, 3.63) is 200 Å². The van der Waals surface area contributed by atoms with Crippen LogP contribution in [0.3, 0.4) is 0 Å². The third-order valence-electron chi connectivity index (χ3n) is 9.52. The van der Waals surface area contributed by atoms with E-state index in [-0.39, 0.29) is 0 Å². The molecule has 0 unspecified atom stereocenters. The molecule has 50 heavy (non-hydrogen) atoms. The first-order valence-electron chi connectivity index (χ1n) is 17.0. The number of para-hydroxylation sites is 4. The molecule has 0 saturated carbocycles. The fraction of sp³-hybridized carbons (Fsp3) is 0.